The zero-order valence-electron chi connectivity index (χ0n) is 13.6. The van der Waals surface area contributed by atoms with Gasteiger partial charge in [0, 0.05) is 16.6 Å². The van der Waals surface area contributed by atoms with Gasteiger partial charge in [-0.2, -0.15) is 0 Å². The lowest BCUT2D eigenvalue weighted by Crippen LogP contribution is -2.40. The molecule has 1 N–H and O–H groups in total. The molecule has 1 saturated carbocycles. The van der Waals surface area contributed by atoms with E-state index >= 15 is 0 Å². The molecule has 1 aromatic rings. The van der Waals surface area contributed by atoms with Crippen LogP contribution in [0.4, 0.5) is 0 Å². The average molecular weight is 353 g/mol. The Bertz CT molecular complexity index is 410. The normalized spacial score (nSPS) is 21.8. The van der Waals surface area contributed by atoms with Crippen molar-refractivity contribution in [1.29, 1.82) is 0 Å². The fourth-order valence-corrected chi connectivity index (χ4v) is 3.11. The Balaban J connectivity index is 1.54. The molecule has 1 aliphatic rings. The van der Waals surface area contributed by atoms with Gasteiger partial charge >= 0.3 is 0 Å². The molecular weight excluding hydrogens is 324 g/mol. The van der Waals surface area contributed by atoms with Crippen molar-refractivity contribution in [1.82, 2.24) is 10.2 Å². The average Bonchev–Trinajstić information content (AvgIpc) is 2.41. The molecule has 0 spiro atoms. The lowest BCUT2D eigenvalue weighted by molar-refractivity contribution is 0.260. The third-order valence-electron chi connectivity index (χ3n) is 4.73. The Hall–Kier alpha value is -0.380. The molecule has 0 unspecified atom stereocenters. The molecule has 0 saturated heterocycles. The SMILES string of the molecule is CC(C)N(C)CCCCNC1CC(c2ccc(Br)cc2)C1. The van der Waals surface area contributed by atoms with E-state index in [1.54, 1.807) is 0 Å². The van der Waals surface area contributed by atoms with Gasteiger partial charge in [-0.15, -0.1) is 0 Å². The van der Waals surface area contributed by atoms with Crippen molar-refractivity contribution in [3.05, 3.63) is 34.3 Å². The van der Waals surface area contributed by atoms with E-state index in [0.717, 1.165) is 12.0 Å². The summed E-state index contributed by atoms with van der Waals surface area (Å²) in [5, 5.41) is 3.71. The standard InChI is InChI=1S/C18H29BrN2/c1-14(2)21(3)11-5-4-10-20-18-12-16(13-18)15-6-8-17(19)9-7-15/h6-9,14,16,18,20H,4-5,10-13H2,1-3H3. The highest BCUT2D eigenvalue weighted by molar-refractivity contribution is 9.10. The molecule has 0 aromatic heterocycles. The van der Waals surface area contributed by atoms with E-state index in [1.165, 1.54) is 48.8 Å². The summed E-state index contributed by atoms with van der Waals surface area (Å²) in [4.78, 5) is 2.42. The largest absolute Gasteiger partial charge is 0.314 e. The summed E-state index contributed by atoms with van der Waals surface area (Å²) in [6.45, 7) is 6.90. The second-order valence-corrected chi connectivity index (χ2v) is 7.57. The van der Waals surface area contributed by atoms with Gasteiger partial charge in [0.1, 0.15) is 0 Å². The van der Waals surface area contributed by atoms with Crippen molar-refractivity contribution in [2.75, 3.05) is 20.1 Å². The number of nitrogens with zero attached hydrogens (tertiary/aromatic N) is 1. The van der Waals surface area contributed by atoms with E-state index in [2.05, 4.69) is 71.3 Å². The quantitative estimate of drug-likeness (QED) is 0.697. The smallest absolute Gasteiger partial charge is 0.0175 e. The molecule has 0 amide bonds. The lowest BCUT2D eigenvalue weighted by atomic mass is 9.76. The molecule has 1 fully saturated rings. The first-order valence-corrected chi connectivity index (χ1v) is 9.04. The Kier molecular flexibility index (Phi) is 6.72. The molecule has 2 nitrogen and oxygen atoms in total. The zero-order valence-corrected chi connectivity index (χ0v) is 15.2. The predicted octanol–water partition coefficient (Wildman–Crippen LogP) is 4.41. The number of unbranched alkanes of at least 4 members (excludes halogenated alkanes) is 1. The maximum atomic E-state index is 3.71. The van der Waals surface area contributed by atoms with Gasteiger partial charge < -0.3 is 10.2 Å². The minimum Gasteiger partial charge on any atom is -0.314 e. The minimum absolute atomic E-state index is 0.663. The lowest BCUT2D eigenvalue weighted by Gasteiger charge is -2.36. The minimum atomic E-state index is 0.663. The highest BCUT2D eigenvalue weighted by Gasteiger charge is 2.29. The maximum absolute atomic E-state index is 3.71. The van der Waals surface area contributed by atoms with Crippen molar-refractivity contribution in [3.8, 4) is 0 Å². The number of halogens is 1. The van der Waals surface area contributed by atoms with Crippen LogP contribution in [0.5, 0.6) is 0 Å². The number of hydrogen-bond acceptors (Lipinski definition) is 2. The molecule has 3 heteroatoms. The van der Waals surface area contributed by atoms with Gasteiger partial charge in [-0.3, -0.25) is 0 Å². The highest BCUT2D eigenvalue weighted by Crippen LogP contribution is 2.37. The molecule has 0 atom stereocenters. The van der Waals surface area contributed by atoms with Crippen molar-refractivity contribution in [2.45, 2.75) is 57.5 Å². The van der Waals surface area contributed by atoms with Gasteiger partial charge in [-0.05, 0) is 83.3 Å². The summed E-state index contributed by atoms with van der Waals surface area (Å²) in [5.41, 5.74) is 1.50. The van der Waals surface area contributed by atoms with Crippen LogP contribution in [0.25, 0.3) is 0 Å². The number of hydrogen-bond donors (Lipinski definition) is 1. The van der Waals surface area contributed by atoms with E-state index in [0.29, 0.717) is 6.04 Å². The summed E-state index contributed by atoms with van der Waals surface area (Å²) < 4.78 is 1.17. The van der Waals surface area contributed by atoms with Crippen LogP contribution in [0.3, 0.4) is 0 Å². The monoisotopic (exact) mass is 352 g/mol. The Morgan fingerprint density at radius 3 is 2.48 bits per heavy atom. The van der Waals surface area contributed by atoms with Crippen molar-refractivity contribution in [3.63, 3.8) is 0 Å². The van der Waals surface area contributed by atoms with Gasteiger partial charge in [-0.25, -0.2) is 0 Å². The zero-order chi connectivity index (χ0) is 15.2. The molecule has 21 heavy (non-hydrogen) atoms. The van der Waals surface area contributed by atoms with Crippen molar-refractivity contribution >= 4 is 15.9 Å². The predicted molar refractivity (Wildman–Crippen MR) is 94.9 cm³/mol. The Morgan fingerprint density at radius 2 is 1.86 bits per heavy atom. The molecule has 0 heterocycles. The second kappa shape index (κ2) is 8.30. The van der Waals surface area contributed by atoms with Gasteiger partial charge in [0.2, 0.25) is 0 Å². The Labute approximate surface area is 138 Å². The fourth-order valence-electron chi connectivity index (χ4n) is 2.84. The van der Waals surface area contributed by atoms with E-state index in [9.17, 15) is 0 Å². The van der Waals surface area contributed by atoms with E-state index in [-0.39, 0.29) is 0 Å². The molecule has 0 aliphatic heterocycles. The number of benzene rings is 1. The summed E-state index contributed by atoms with van der Waals surface area (Å²) in [7, 11) is 2.22. The van der Waals surface area contributed by atoms with Crippen molar-refractivity contribution < 1.29 is 0 Å². The van der Waals surface area contributed by atoms with Crippen LogP contribution in [0.15, 0.2) is 28.7 Å². The summed E-state index contributed by atoms with van der Waals surface area (Å²) in [5.74, 6) is 0.766. The third-order valence-corrected chi connectivity index (χ3v) is 5.26. The van der Waals surface area contributed by atoms with Crippen LogP contribution in [0, 0.1) is 0 Å². The first-order valence-electron chi connectivity index (χ1n) is 8.25. The molecule has 0 bridgehead atoms. The van der Waals surface area contributed by atoms with Gasteiger partial charge in [-0.1, -0.05) is 28.1 Å². The van der Waals surface area contributed by atoms with Crippen LogP contribution in [-0.2, 0) is 0 Å². The first-order chi connectivity index (χ1) is 10.1. The van der Waals surface area contributed by atoms with Crippen LogP contribution in [-0.4, -0.2) is 37.1 Å². The van der Waals surface area contributed by atoms with Crippen molar-refractivity contribution in [2.24, 2.45) is 0 Å². The molecular formula is C18H29BrN2. The summed E-state index contributed by atoms with van der Waals surface area (Å²) in [6, 6.07) is 10.2. The highest BCUT2D eigenvalue weighted by atomic mass is 79.9. The summed E-state index contributed by atoms with van der Waals surface area (Å²) >= 11 is 3.50. The van der Waals surface area contributed by atoms with E-state index in [4.69, 9.17) is 0 Å². The van der Waals surface area contributed by atoms with Crippen LogP contribution in [0.2, 0.25) is 0 Å². The number of rotatable bonds is 8. The van der Waals surface area contributed by atoms with Crippen LogP contribution in [0.1, 0.15) is 51.0 Å². The fraction of sp³-hybridized carbons (Fsp3) is 0.667. The summed E-state index contributed by atoms with van der Waals surface area (Å²) in [6.07, 6.45) is 5.18. The van der Waals surface area contributed by atoms with Gasteiger partial charge in [0.25, 0.3) is 0 Å². The topological polar surface area (TPSA) is 15.3 Å². The molecule has 1 aromatic carbocycles. The third kappa shape index (κ3) is 5.39. The van der Waals surface area contributed by atoms with Crippen LogP contribution >= 0.6 is 15.9 Å². The molecule has 118 valence electrons. The molecule has 1 aliphatic carbocycles. The number of nitrogens with one attached hydrogen (secondary N) is 1. The van der Waals surface area contributed by atoms with E-state index < -0.39 is 0 Å². The Morgan fingerprint density at radius 1 is 1.19 bits per heavy atom. The molecule has 2 rings (SSSR count). The second-order valence-electron chi connectivity index (χ2n) is 6.65. The van der Waals surface area contributed by atoms with Crippen LogP contribution < -0.4 is 5.32 Å². The van der Waals surface area contributed by atoms with E-state index in [1.807, 2.05) is 0 Å². The maximum Gasteiger partial charge on any atom is 0.0175 e. The first kappa shape index (κ1) is 17.0. The van der Waals surface area contributed by atoms with Gasteiger partial charge in [0.05, 0.1) is 0 Å². The molecule has 0 radical (unpaired) electrons. The van der Waals surface area contributed by atoms with Gasteiger partial charge in [0.15, 0.2) is 0 Å².